The average molecular weight is 320 g/mol. The molecule has 2 fully saturated rings. The molecule has 1 aliphatic carbocycles. The highest BCUT2D eigenvalue weighted by atomic mass is 32.2. The second-order valence-corrected chi connectivity index (χ2v) is 7.05. The predicted molar refractivity (Wildman–Crippen MR) is 90.6 cm³/mol. The van der Waals surface area contributed by atoms with Gasteiger partial charge in [-0.2, -0.15) is 0 Å². The van der Waals surface area contributed by atoms with Gasteiger partial charge < -0.3 is 15.4 Å². The summed E-state index contributed by atoms with van der Waals surface area (Å²) in [5, 5.41) is 6.10. The number of carbonyl (C=O) groups is 1. The van der Waals surface area contributed by atoms with Gasteiger partial charge in [-0.25, -0.2) is 4.79 Å². The van der Waals surface area contributed by atoms with Crippen LogP contribution in [0.25, 0.3) is 0 Å². The summed E-state index contributed by atoms with van der Waals surface area (Å²) < 4.78 is 5.81. The van der Waals surface area contributed by atoms with E-state index in [4.69, 9.17) is 4.74 Å². The molecule has 4 nitrogen and oxygen atoms in total. The van der Waals surface area contributed by atoms with Crippen molar-refractivity contribution in [2.75, 3.05) is 18.2 Å². The summed E-state index contributed by atoms with van der Waals surface area (Å²) in [5.41, 5.74) is 2.00. The molecule has 3 rings (SSSR count). The standard InChI is InChI=1S/C17H24N2O2S/c1-11-14(4-3-5-16(11)22-2)19-17(20)18-13-8-9-21-15(10-13)12-6-7-12/h3-5,12-13,15H,6-10H2,1-2H3,(H2,18,19,20)/t13-,15-/m1/s1. The van der Waals surface area contributed by atoms with Crippen molar-refractivity contribution in [3.05, 3.63) is 23.8 Å². The maximum Gasteiger partial charge on any atom is 0.319 e. The zero-order valence-corrected chi connectivity index (χ0v) is 14.0. The van der Waals surface area contributed by atoms with Crippen LogP contribution in [0, 0.1) is 12.8 Å². The number of rotatable bonds is 4. The molecule has 1 aliphatic heterocycles. The first kappa shape index (κ1) is 15.7. The molecule has 1 aromatic rings. The Hall–Kier alpha value is -1.20. The number of nitrogens with one attached hydrogen (secondary N) is 2. The molecule has 2 N–H and O–H groups in total. The lowest BCUT2D eigenvalue weighted by Crippen LogP contribution is -2.44. The predicted octanol–water partition coefficient (Wildman–Crippen LogP) is 3.80. The van der Waals surface area contributed by atoms with E-state index >= 15 is 0 Å². The second kappa shape index (κ2) is 6.92. The number of hydrogen-bond donors (Lipinski definition) is 2. The molecule has 1 aromatic carbocycles. The van der Waals surface area contributed by atoms with Crippen molar-refractivity contribution in [1.29, 1.82) is 0 Å². The Morgan fingerprint density at radius 3 is 2.86 bits per heavy atom. The Morgan fingerprint density at radius 1 is 1.32 bits per heavy atom. The van der Waals surface area contributed by atoms with Gasteiger partial charge in [0.25, 0.3) is 0 Å². The average Bonchev–Trinajstić information content (AvgIpc) is 3.34. The van der Waals surface area contributed by atoms with Crippen LogP contribution in [0.3, 0.4) is 0 Å². The molecule has 0 unspecified atom stereocenters. The van der Waals surface area contributed by atoms with Gasteiger partial charge in [-0.15, -0.1) is 11.8 Å². The third kappa shape index (κ3) is 3.76. The zero-order chi connectivity index (χ0) is 15.5. The van der Waals surface area contributed by atoms with Crippen molar-refractivity contribution >= 4 is 23.5 Å². The number of urea groups is 1. The number of ether oxygens (including phenoxy) is 1. The van der Waals surface area contributed by atoms with Crippen LogP contribution in [0.15, 0.2) is 23.1 Å². The molecular weight excluding hydrogens is 296 g/mol. The third-order valence-corrected chi connectivity index (χ3v) is 5.43. The Labute approximate surface area is 136 Å². The molecule has 0 spiro atoms. The summed E-state index contributed by atoms with van der Waals surface area (Å²) in [7, 11) is 0. The van der Waals surface area contributed by atoms with Gasteiger partial charge >= 0.3 is 6.03 Å². The van der Waals surface area contributed by atoms with Crippen molar-refractivity contribution in [1.82, 2.24) is 5.32 Å². The van der Waals surface area contributed by atoms with Crippen molar-refractivity contribution in [2.24, 2.45) is 5.92 Å². The Balaban J connectivity index is 1.56. The van der Waals surface area contributed by atoms with Gasteiger partial charge in [-0.05, 0) is 62.5 Å². The molecule has 2 amide bonds. The Morgan fingerprint density at radius 2 is 2.14 bits per heavy atom. The van der Waals surface area contributed by atoms with Crippen molar-refractivity contribution < 1.29 is 9.53 Å². The van der Waals surface area contributed by atoms with E-state index in [0.29, 0.717) is 6.10 Å². The number of amides is 2. The summed E-state index contributed by atoms with van der Waals surface area (Å²) in [6.07, 6.45) is 6.81. The normalized spacial score (nSPS) is 24.8. The number of anilines is 1. The van der Waals surface area contributed by atoms with E-state index in [1.54, 1.807) is 11.8 Å². The van der Waals surface area contributed by atoms with Gasteiger partial charge in [0.15, 0.2) is 0 Å². The molecule has 0 radical (unpaired) electrons. The number of benzene rings is 1. The number of carbonyl (C=O) groups excluding carboxylic acids is 1. The molecule has 22 heavy (non-hydrogen) atoms. The summed E-state index contributed by atoms with van der Waals surface area (Å²) in [5.74, 6) is 0.730. The Kier molecular flexibility index (Phi) is 4.93. The van der Waals surface area contributed by atoms with E-state index in [0.717, 1.165) is 36.6 Å². The molecule has 0 aromatic heterocycles. The molecular formula is C17H24N2O2S. The fraction of sp³-hybridized carbons (Fsp3) is 0.588. The quantitative estimate of drug-likeness (QED) is 0.830. The summed E-state index contributed by atoms with van der Waals surface area (Å²) in [6.45, 7) is 2.80. The largest absolute Gasteiger partial charge is 0.378 e. The van der Waals surface area contributed by atoms with E-state index in [1.165, 1.54) is 17.7 Å². The minimum atomic E-state index is -0.109. The summed E-state index contributed by atoms with van der Waals surface area (Å²) in [4.78, 5) is 13.4. The first-order valence-electron chi connectivity index (χ1n) is 8.00. The molecule has 2 aliphatic rings. The van der Waals surface area contributed by atoms with Crippen LogP contribution in [0.1, 0.15) is 31.2 Å². The van der Waals surface area contributed by atoms with Crippen LogP contribution in [-0.4, -0.2) is 31.0 Å². The molecule has 120 valence electrons. The fourth-order valence-electron chi connectivity index (χ4n) is 3.07. The van der Waals surface area contributed by atoms with Crippen LogP contribution < -0.4 is 10.6 Å². The summed E-state index contributed by atoms with van der Waals surface area (Å²) >= 11 is 1.69. The summed E-state index contributed by atoms with van der Waals surface area (Å²) in [6, 6.07) is 6.12. The van der Waals surface area contributed by atoms with Crippen LogP contribution in [0.4, 0.5) is 10.5 Å². The van der Waals surface area contributed by atoms with Crippen LogP contribution in [0.5, 0.6) is 0 Å². The van der Waals surface area contributed by atoms with Crippen LogP contribution in [-0.2, 0) is 4.74 Å². The minimum Gasteiger partial charge on any atom is -0.378 e. The first-order valence-corrected chi connectivity index (χ1v) is 9.22. The Bertz CT molecular complexity index is 545. The minimum absolute atomic E-state index is 0.109. The van der Waals surface area contributed by atoms with E-state index in [9.17, 15) is 4.79 Å². The van der Waals surface area contributed by atoms with Gasteiger partial charge in [-0.1, -0.05) is 6.07 Å². The number of hydrogen-bond acceptors (Lipinski definition) is 3. The van der Waals surface area contributed by atoms with E-state index in [1.807, 2.05) is 25.3 Å². The smallest absolute Gasteiger partial charge is 0.319 e. The molecule has 0 bridgehead atoms. The molecule has 2 atom stereocenters. The van der Waals surface area contributed by atoms with Crippen LogP contribution in [0.2, 0.25) is 0 Å². The van der Waals surface area contributed by atoms with Crippen LogP contribution >= 0.6 is 11.8 Å². The molecule has 1 saturated carbocycles. The monoisotopic (exact) mass is 320 g/mol. The van der Waals surface area contributed by atoms with E-state index in [2.05, 4.69) is 16.7 Å². The topological polar surface area (TPSA) is 50.4 Å². The fourth-order valence-corrected chi connectivity index (χ4v) is 3.70. The molecule has 1 saturated heterocycles. The van der Waals surface area contributed by atoms with Gasteiger partial charge in [0.1, 0.15) is 0 Å². The van der Waals surface area contributed by atoms with Crippen molar-refractivity contribution in [3.63, 3.8) is 0 Å². The lowest BCUT2D eigenvalue weighted by atomic mass is 10.0. The van der Waals surface area contributed by atoms with Crippen molar-refractivity contribution in [3.8, 4) is 0 Å². The SMILES string of the molecule is CSc1cccc(NC(=O)N[C@@H]2CCO[C@@H](C3CC3)C2)c1C. The van der Waals surface area contributed by atoms with E-state index in [-0.39, 0.29) is 12.1 Å². The zero-order valence-electron chi connectivity index (χ0n) is 13.2. The highest BCUT2D eigenvalue weighted by Crippen LogP contribution is 2.38. The van der Waals surface area contributed by atoms with Gasteiger partial charge in [-0.3, -0.25) is 0 Å². The number of thioether (sulfide) groups is 1. The van der Waals surface area contributed by atoms with Gasteiger partial charge in [0.2, 0.25) is 0 Å². The van der Waals surface area contributed by atoms with Gasteiger partial charge in [0, 0.05) is 23.2 Å². The maximum atomic E-state index is 12.3. The highest BCUT2D eigenvalue weighted by Gasteiger charge is 2.36. The lowest BCUT2D eigenvalue weighted by Gasteiger charge is -2.30. The first-order chi connectivity index (χ1) is 10.7. The molecule has 1 heterocycles. The van der Waals surface area contributed by atoms with E-state index < -0.39 is 0 Å². The van der Waals surface area contributed by atoms with Crippen molar-refractivity contribution in [2.45, 2.75) is 49.6 Å². The van der Waals surface area contributed by atoms with Gasteiger partial charge in [0.05, 0.1) is 6.10 Å². The third-order valence-electron chi connectivity index (χ3n) is 4.55. The highest BCUT2D eigenvalue weighted by molar-refractivity contribution is 7.98. The maximum absolute atomic E-state index is 12.3. The molecule has 5 heteroatoms. The lowest BCUT2D eigenvalue weighted by molar-refractivity contribution is -0.00889. The second-order valence-electron chi connectivity index (χ2n) is 6.20.